The van der Waals surface area contributed by atoms with Crippen LogP contribution in [-0.4, -0.2) is 12.5 Å². The zero-order valence-corrected chi connectivity index (χ0v) is 11.8. The van der Waals surface area contributed by atoms with Crippen LogP contribution in [0.4, 0.5) is 20.2 Å². The number of carbonyl (C=O) groups is 1. The number of amides is 1. The van der Waals surface area contributed by atoms with Gasteiger partial charge >= 0.3 is 0 Å². The predicted molar refractivity (Wildman–Crippen MR) is 79.4 cm³/mol. The molecule has 0 fully saturated rings. The second kappa shape index (κ2) is 6.35. The summed E-state index contributed by atoms with van der Waals surface area (Å²) in [4.78, 5) is 11.8. The minimum atomic E-state index is -0.728. The van der Waals surface area contributed by atoms with Crippen LogP contribution in [0.3, 0.4) is 0 Å². The Labute approximate surface area is 122 Å². The van der Waals surface area contributed by atoms with Gasteiger partial charge in [-0.15, -0.1) is 0 Å². The first-order valence-corrected chi connectivity index (χ1v) is 6.52. The molecule has 0 saturated heterocycles. The number of nitrogens with one attached hydrogen (secondary N) is 2. The molecule has 3 nitrogen and oxygen atoms in total. The smallest absolute Gasteiger partial charge is 0.243 e. The van der Waals surface area contributed by atoms with Crippen LogP contribution in [0.25, 0.3) is 0 Å². The Hall–Kier alpha value is -2.43. The number of carbonyl (C=O) groups excluding carboxylic acids is 1. The van der Waals surface area contributed by atoms with Crippen LogP contribution in [0, 0.1) is 25.5 Å². The van der Waals surface area contributed by atoms with Gasteiger partial charge in [-0.05, 0) is 49.2 Å². The van der Waals surface area contributed by atoms with Gasteiger partial charge in [0.15, 0.2) is 0 Å². The predicted octanol–water partition coefficient (Wildman–Crippen LogP) is 3.63. The topological polar surface area (TPSA) is 41.1 Å². The van der Waals surface area contributed by atoms with E-state index in [0.717, 1.165) is 23.3 Å². The standard InChI is InChI=1S/C16H16F2N2O/c1-10-6-7-12(8-11(10)2)20-15(21)9-19-16-13(17)4-3-5-14(16)18/h3-8,19H,9H2,1-2H3,(H,20,21). The normalized spacial score (nSPS) is 10.3. The van der Waals surface area contributed by atoms with Gasteiger partial charge in [0, 0.05) is 5.69 Å². The summed E-state index contributed by atoms with van der Waals surface area (Å²) in [7, 11) is 0. The molecule has 0 aromatic heterocycles. The number of hydrogen-bond donors (Lipinski definition) is 2. The summed E-state index contributed by atoms with van der Waals surface area (Å²) in [5.74, 6) is -1.83. The van der Waals surface area contributed by atoms with Crippen molar-refractivity contribution in [1.29, 1.82) is 0 Å². The molecule has 2 N–H and O–H groups in total. The van der Waals surface area contributed by atoms with Crippen LogP contribution in [0.1, 0.15) is 11.1 Å². The number of benzene rings is 2. The van der Waals surface area contributed by atoms with Gasteiger partial charge in [-0.1, -0.05) is 12.1 Å². The van der Waals surface area contributed by atoms with Gasteiger partial charge in [-0.2, -0.15) is 0 Å². The average molecular weight is 290 g/mol. The molecule has 2 rings (SSSR count). The highest BCUT2D eigenvalue weighted by molar-refractivity contribution is 5.93. The van der Waals surface area contributed by atoms with Crippen molar-refractivity contribution in [3.8, 4) is 0 Å². The zero-order valence-electron chi connectivity index (χ0n) is 11.8. The fraction of sp³-hybridized carbons (Fsp3) is 0.188. The number of para-hydroxylation sites is 1. The maximum Gasteiger partial charge on any atom is 0.243 e. The van der Waals surface area contributed by atoms with Gasteiger partial charge in [-0.3, -0.25) is 4.79 Å². The summed E-state index contributed by atoms with van der Waals surface area (Å²) in [5.41, 5.74) is 2.53. The Morgan fingerprint density at radius 1 is 1.05 bits per heavy atom. The third-order valence-corrected chi connectivity index (χ3v) is 3.18. The number of hydrogen-bond acceptors (Lipinski definition) is 2. The van der Waals surface area contributed by atoms with E-state index >= 15 is 0 Å². The lowest BCUT2D eigenvalue weighted by atomic mass is 10.1. The van der Waals surface area contributed by atoms with Gasteiger partial charge in [0.2, 0.25) is 5.91 Å². The van der Waals surface area contributed by atoms with E-state index in [1.165, 1.54) is 6.07 Å². The van der Waals surface area contributed by atoms with Crippen LogP contribution in [0.5, 0.6) is 0 Å². The highest BCUT2D eigenvalue weighted by Gasteiger charge is 2.10. The van der Waals surface area contributed by atoms with Crippen molar-refractivity contribution in [3.63, 3.8) is 0 Å². The van der Waals surface area contributed by atoms with E-state index in [1.807, 2.05) is 26.0 Å². The number of halogens is 2. The Morgan fingerprint density at radius 3 is 2.33 bits per heavy atom. The lowest BCUT2D eigenvalue weighted by Gasteiger charge is -2.10. The summed E-state index contributed by atoms with van der Waals surface area (Å²) >= 11 is 0. The molecule has 0 radical (unpaired) electrons. The minimum absolute atomic E-state index is 0.217. The van der Waals surface area contributed by atoms with E-state index in [1.54, 1.807) is 6.07 Å². The molecular weight excluding hydrogens is 274 g/mol. The van der Waals surface area contributed by atoms with E-state index < -0.39 is 11.6 Å². The molecular formula is C16H16F2N2O. The van der Waals surface area contributed by atoms with Gasteiger partial charge in [0.25, 0.3) is 0 Å². The second-order valence-corrected chi connectivity index (χ2v) is 4.80. The monoisotopic (exact) mass is 290 g/mol. The molecule has 0 bridgehead atoms. The highest BCUT2D eigenvalue weighted by Crippen LogP contribution is 2.18. The van der Waals surface area contributed by atoms with E-state index in [0.29, 0.717) is 5.69 Å². The lowest BCUT2D eigenvalue weighted by molar-refractivity contribution is -0.114. The Bertz CT molecular complexity index is 651. The summed E-state index contributed by atoms with van der Waals surface area (Å²) in [5, 5.41) is 5.14. The third-order valence-electron chi connectivity index (χ3n) is 3.18. The molecule has 5 heteroatoms. The van der Waals surface area contributed by atoms with Crippen molar-refractivity contribution in [3.05, 3.63) is 59.2 Å². The number of aryl methyl sites for hydroxylation is 2. The highest BCUT2D eigenvalue weighted by atomic mass is 19.1. The SMILES string of the molecule is Cc1ccc(NC(=O)CNc2c(F)cccc2F)cc1C. The van der Waals surface area contributed by atoms with Crippen molar-refractivity contribution < 1.29 is 13.6 Å². The molecule has 2 aromatic rings. The van der Waals surface area contributed by atoms with Gasteiger partial charge in [0.1, 0.15) is 17.3 Å². The molecule has 0 aliphatic carbocycles. The molecule has 110 valence electrons. The van der Waals surface area contributed by atoms with Crippen LogP contribution < -0.4 is 10.6 Å². The minimum Gasteiger partial charge on any atom is -0.371 e. The van der Waals surface area contributed by atoms with E-state index in [9.17, 15) is 13.6 Å². The number of rotatable bonds is 4. The number of anilines is 2. The lowest BCUT2D eigenvalue weighted by Crippen LogP contribution is -2.22. The molecule has 2 aromatic carbocycles. The fourth-order valence-corrected chi connectivity index (χ4v) is 1.86. The molecule has 0 saturated carbocycles. The van der Waals surface area contributed by atoms with Crippen molar-refractivity contribution in [1.82, 2.24) is 0 Å². The molecule has 0 atom stereocenters. The molecule has 21 heavy (non-hydrogen) atoms. The van der Waals surface area contributed by atoms with Gasteiger partial charge in [-0.25, -0.2) is 8.78 Å². The molecule has 0 unspecified atom stereocenters. The first-order chi connectivity index (χ1) is 9.97. The summed E-state index contributed by atoms with van der Waals surface area (Å²) < 4.78 is 26.8. The summed E-state index contributed by atoms with van der Waals surface area (Å²) in [6.07, 6.45) is 0. The van der Waals surface area contributed by atoms with E-state index in [2.05, 4.69) is 10.6 Å². The third kappa shape index (κ3) is 3.78. The quantitative estimate of drug-likeness (QED) is 0.902. The summed E-state index contributed by atoms with van der Waals surface area (Å²) in [6.45, 7) is 3.70. The van der Waals surface area contributed by atoms with E-state index in [-0.39, 0.29) is 18.1 Å². The average Bonchev–Trinajstić information content (AvgIpc) is 2.42. The van der Waals surface area contributed by atoms with Crippen molar-refractivity contribution in [2.45, 2.75) is 13.8 Å². The van der Waals surface area contributed by atoms with Gasteiger partial charge < -0.3 is 10.6 Å². The molecule has 0 heterocycles. The van der Waals surface area contributed by atoms with Crippen LogP contribution in [0.15, 0.2) is 36.4 Å². The van der Waals surface area contributed by atoms with Crippen molar-refractivity contribution in [2.75, 3.05) is 17.2 Å². The van der Waals surface area contributed by atoms with Gasteiger partial charge in [0.05, 0.1) is 6.54 Å². The Kier molecular flexibility index (Phi) is 4.52. The van der Waals surface area contributed by atoms with Crippen molar-refractivity contribution >= 4 is 17.3 Å². The van der Waals surface area contributed by atoms with Crippen LogP contribution >= 0.6 is 0 Å². The molecule has 0 aliphatic rings. The van der Waals surface area contributed by atoms with E-state index in [4.69, 9.17) is 0 Å². The first kappa shape index (κ1) is 15.0. The second-order valence-electron chi connectivity index (χ2n) is 4.80. The largest absolute Gasteiger partial charge is 0.371 e. The molecule has 0 spiro atoms. The Balaban J connectivity index is 1.97. The molecule has 0 aliphatic heterocycles. The maximum atomic E-state index is 13.4. The zero-order chi connectivity index (χ0) is 15.4. The van der Waals surface area contributed by atoms with Crippen LogP contribution in [-0.2, 0) is 4.79 Å². The maximum absolute atomic E-state index is 13.4. The van der Waals surface area contributed by atoms with Crippen LogP contribution in [0.2, 0.25) is 0 Å². The molecule has 1 amide bonds. The Morgan fingerprint density at radius 2 is 1.71 bits per heavy atom. The van der Waals surface area contributed by atoms with Crippen molar-refractivity contribution in [2.24, 2.45) is 0 Å². The summed E-state index contributed by atoms with van der Waals surface area (Å²) in [6, 6.07) is 9.06. The first-order valence-electron chi connectivity index (χ1n) is 6.52. The fourth-order valence-electron chi connectivity index (χ4n) is 1.86.